The van der Waals surface area contributed by atoms with Crippen LogP contribution in [-0.2, 0) is 9.53 Å². The fourth-order valence-electron chi connectivity index (χ4n) is 1.13. The Balaban J connectivity index is 2.96. The van der Waals surface area contributed by atoms with Crippen LogP contribution in [0.25, 0.3) is 0 Å². The third-order valence-electron chi connectivity index (χ3n) is 2.21. The molecule has 1 rings (SSSR count). The van der Waals surface area contributed by atoms with Gasteiger partial charge in [-0.3, -0.25) is 0 Å². The van der Waals surface area contributed by atoms with Gasteiger partial charge in [0.05, 0.1) is 12.0 Å². The first-order valence-electron chi connectivity index (χ1n) is 5.42. The smallest absolute Gasteiger partial charge is 0.344 e. The molecular formula is C15H16O2S. The number of allylic oxidation sites excluding steroid dienone is 3. The molecule has 1 aromatic carbocycles. The second kappa shape index (κ2) is 6.87. The maximum Gasteiger partial charge on any atom is 0.344 e. The van der Waals surface area contributed by atoms with E-state index in [2.05, 4.69) is 13.2 Å². The molecule has 0 heterocycles. The molecule has 0 saturated carbocycles. The topological polar surface area (TPSA) is 26.3 Å². The fourth-order valence-corrected chi connectivity index (χ4v) is 2.04. The molecule has 0 N–H and O–H groups in total. The van der Waals surface area contributed by atoms with Crippen molar-refractivity contribution in [2.24, 2.45) is 0 Å². The van der Waals surface area contributed by atoms with Crippen molar-refractivity contribution >= 4 is 17.7 Å². The molecule has 2 nitrogen and oxygen atoms in total. The van der Waals surface area contributed by atoms with Crippen LogP contribution in [0.2, 0.25) is 0 Å². The molecular weight excluding hydrogens is 244 g/mol. The summed E-state index contributed by atoms with van der Waals surface area (Å²) in [6.07, 6.45) is 1.70. The van der Waals surface area contributed by atoms with Gasteiger partial charge in [0.15, 0.2) is 0 Å². The number of carbonyl (C=O) groups is 1. The molecule has 0 unspecified atom stereocenters. The summed E-state index contributed by atoms with van der Waals surface area (Å²) >= 11 is 1.35. The zero-order valence-electron chi connectivity index (χ0n) is 10.6. The summed E-state index contributed by atoms with van der Waals surface area (Å²) in [5.74, 6) is -0.369. The summed E-state index contributed by atoms with van der Waals surface area (Å²) in [6, 6.07) is 9.64. The SMILES string of the molecule is C=C(C)C(=C)/C=C(\Sc1ccccc1)C(=O)OC. The first kappa shape index (κ1) is 14.3. The van der Waals surface area contributed by atoms with Gasteiger partial charge in [0.1, 0.15) is 0 Å². The van der Waals surface area contributed by atoms with Gasteiger partial charge in [-0.05, 0) is 30.7 Å². The van der Waals surface area contributed by atoms with E-state index in [0.717, 1.165) is 16.0 Å². The van der Waals surface area contributed by atoms with Crippen LogP contribution in [0, 0.1) is 0 Å². The van der Waals surface area contributed by atoms with Crippen molar-refractivity contribution in [2.75, 3.05) is 7.11 Å². The number of carbonyl (C=O) groups excluding carboxylic acids is 1. The molecule has 0 fully saturated rings. The van der Waals surface area contributed by atoms with Gasteiger partial charge in [-0.2, -0.15) is 0 Å². The monoisotopic (exact) mass is 260 g/mol. The zero-order chi connectivity index (χ0) is 13.5. The molecule has 0 aromatic heterocycles. The molecule has 0 atom stereocenters. The fraction of sp³-hybridized carbons (Fsp3) is 0.133. The normalized spacial score (nSPS) is 10.9. The lowest BCUT2D eigenvalue weighted by Crippen LogP contribution is -2.02. The highest BCUT2D eigenvalue weighted by Crippen LogP contribution is 2.28. The molecule has 0 saturated heterocycles. The van der Waals surface area contributed by atoms with E-state index in [1.807, 2.05) is 37.3 Å². The van der Waals surface area contributed by atoms with E-state index in [1.54, 1.807) is 6.08 Å². The van der Waals surface area contributed by atoms with Crippen molar-refractivity contribution < 1.29 is 9.53 Å². The van der Waals surface area contributed by atoms with E-state index in [-0.39, 0.29) is 5.97 Å². The van der Waals surface area contributed by atoms with E-state index >= 15 is 0 Å². The van der Waals surface area contributed by atoms with E-state index < -0.39 is 0 Å². The van der Waals surface area contributed by atoms with Crippen LogP contribution in [0.15, 0.2) is 70.5 Å². The van der Waals surface area contributed by atoms with Gasteiger partial charge in [-0.1, -0.05) is 48.7 Å². The standard InChI is InChI=1S/C15H16O2S/c1-11(2)12(3)10-14(15(16)17-4)18-13-8-6-5-7-9-13/h5-10H,1,3H2,2,4H3/b14-10-. The van der Waals surface area contributed by atoms with Crippen LogP contribution in [-0.4, -0.2) is 13.1 Å². The van der Waals surface area contributed by atoms with Crippen molar-refractivity contribution in [2.45, 2.75) is 11.8 Å². The van der Waals surface area contributed by atoms with Crippen molar-refractivity contribution in [1.82, 2.24) is 0 Å². The molecule has 1 aromatic rings. The molecule has 0 bridgehead atoms. The van der Waals surface area contributed by atoms with E-state index in [1.165, 1.54) is 18.9 Å². The third kappa shape index (κ3) is 4.26. The van der Waals surface area contributed by atoms with Gasteiger partial charge in [0.25, 0.3) is 0 Å². The van der Waals surface area contributed by atoms with Gasteiger partial charge in [-0.15, -0.1) is 0 Å². The van der Waals surface area contributed by atoms with Crippen molar-refractivity contribution in [3.63, 3.8) is 0 Å². The van der Waals surface area contributed by atoms with Crippen LogP contribution in [0.3, 0.4) is 0 Å². The van der Waals surface area contributed by atoms with Crippen LogP contribution in [0.4, 0.5) is 0 Å². The lowest BCUT2D eigenvalue weighted by molar-refractivity contribution is -0.135. The number of hydrogen-bond donors (Lipinski definition) is 0. The maximum atomic E-state index is 11.7. The molecule has 0 aliphatic rings. The molecule has 0 spiro atoms. The predicted molar refractivity (Wildman–Crippen MR) is 76.4 cm³/mol. The van der Waals surface area contributed by atoms with Crippen LogP contribution in [0.5, 0.6) is 0 Å². The number of rotatable bonds is 5. The summed E-state index contributed by atoms with van der Waals surface area (Å²) in [6.45, 7) is 9.50. The second-order valence-electron chi connectivity index (χ2n) is 3.72. The van der Waals surface area contributed by atoms with E-state index in [4.69, 9.17) is 4.74 Å². The second-order valence-corrected chi connectivity index (χ2v) is 4.84. The Morgan fingerprint density at radius 1 is 1.28 bits per heavy atom. The highest BCUT2D eigenvalue weighted by Gasteiger charge is 2.12. The van der Waals surface area contributed by atoms with Gasteiger partial charge in [0, 0.05) is 4.90 Å². The Hall–Kier alpha value is -1.74. The van der Waals surface area contributed by atoms with Gasteiger partial charge in [-0.25, -0.2) is 4.79 Å². The summed E-state index contributed by atoms with van der Waals surface area (Å²) in [4.78, 5) is 13.2. The minimum absolute atomic E-state index is 0.369. The minimum Gasteiger partial charge on any atom is -0.465 e. The Morgan fingerprint density at radius 3 is 2.39 bits per heavy atom. The van der Waals surface area contributed by atoms with E-state index in [9.17, 15) is 4.79 Å². The van der Waals surface area contributed by atoms with Gasteiger partial charge in [0.2, 0.25) is 0 Å². The maximum absolute atomic E-state index is 11.7. The first-order chi connectivity index (χ1) is 8.54. The highest BCUT2D eigenvalue weighted by atomic mass is 32.2. The molecule has 0 radical (unpaired) electrons. The van der Waals surface area contributed by atoms with Gasteiger partial charge >= 0.3 is 5.97 Å². The zero-order valence-corrected chi connectivity index (χ0v) is 11.4. The minimum atomic E-state index is -0.369. The molecule has 18 heavy (non-hydrogen) atoms. The molecule has 0 aliphatic heterocycles. The van der Waals surface area contributed by atoms with Crippen LogP contribution in [0.1, 0.15) is 6.92 Å². The molecule has 3 heteroatoms. The Kier molecular flexibility index (Phi) is 5.46. The number of esters is 1. The molecule has 0 amide bonds. The number of methoxy groups -OCH3 is 1. The predicted octanol–water partition coefficient (Wildman–Crippen LogP) is 3.97. The Morgan fingerprint density at radius 2 is 1.89 bits per heavy atom. The average Bonchev–Trinajstić information content (AvgIpc) is 2.38. The highest BCUT2D eigenvalue weighted by molar-refractivity contribution is 8.04. The van der Waals surface area contributed by atoms with Crippen molar-refractivity contribution in [3.05, 3.63) is 65.6 Å². The number of thioether (sulfide) groups is 1. The lowest BCUT2D eigenvalue weighted by atomic mass is 10.1. The largest absolute Gasteiger partial charge is 0.465 e. The summed E-state index contributed by atoms with van der Waals surface area (Å²) in [7, 11) is 1.37. The number of hydrogen-bond acceptors (Lipinski definition) is 3. The Labute approximate surface area is 112 Å². The number of ether oxygens (including phenoxy) is 1. The van der Waals surface area contributed by atoms with Crippen molar-refractivity contribution in [1.29, 1.82) is 0 Å². The van der Waals surface area contributed by atoms with Crippen molar-refractivity contribution in [3.8, 4) is 0 Å². The molecule has 94 valence electrons. The molecule has 0 aliphatic carbocycles. The summed E-state index contributed by atoms with van der Waals surface area (Å²) in [5.41, 5.74) is 1.55. The Bertz CT molecular complexity index is 486. The van der Waals surface area contributed by atoms with Gasteiger partial charge < -0.3 is 4.74 Å². The van der Waals surface area contributed by atoms with Crippen LogP contribution < -0.4 is 0 Å². The van der Waals surface area contributed by atoms with E-state index in [0.29, 0.717) is 4.91 Å². The lowest BCUT2D eigenvalue weighted by Gasteiger charge is -2.06. The van der Waals surface area contributed by atoms with Crippen LogP contribution >= 0.6 is 11.8 Å². The summed E-state index contributed by atoms with van der Waals surface area (Å²) < 4.78 is 4.77. The summed E-state index contributed by atoms with van der Waals surface area (Å²) in [5, 5.41) is 0. The third-order valence-corrected chi connectivity index (χ3v) is 3.22. The average molecular weight is 260 g/mol. The quantitative estimate of drug-likeness (QED) is 0.347. The first-order valence-corrected chi connectivity index (χ1v) is 6.24. The number of benzene rings is 1.